The number of hydrogen-bond donors (Lipinski definition) is 1. The maximum Gasteiger partial charge on any atom is 0.298 e. The Morgan fingerprint density at radius 2 is 2.12 bits per heavy atom. The fraction of sp³-hybridized carbons (Fsp3) is 0.455. The van der Waals surface area contributed by atoms with Crippen LogP contribution in [-0.2, 0) is 0 Å². The molecule has 1 N–H and O–H groups in total. The lowest BCUT2D eigenvalue weighted by Crippen LogP contribution is -2.13. The van der Waals surface area contributed by atoms with E-state index in [2.05, 4.69) is 5.32 Å². The standard InChI is InChI=1S/C11H14F2N2O2/c1-3-7(2)6-14-11-9(13)4-8(12)5-10(11)15(16)17/h4-5,7,14H,3,6H2,1-2H3. The molecule has 0 aliphatic heterocycles. The lowest BCUT2D eigenvalue weighted by molar-refractivity contribution is -0.384. The number of nitrogens with zero attached hydrogens (tertiary/aromatic N) is 1. The van der Waals surface area contributed by atoms with Crippen LogP contribution in [0.15, 0.2) is 12.1 Å². The number of hydrogen-bond acceptors (Lipinski definition) is 3. The van der Waals surface area contributed by atoms with Crippen LogP contribution in [-0.4, -0.2) is 11.5 Å². The summed E-state index contributed by atoms with van der Waals surface area (Å²) in [7, 11) is 0. The number of anilines is 1. The van der Waals surface area contributed by atoms with E-state index in [4.69, 9.17) is 0 Å². The molecule has 0 saturated heterocycles. The van der Waals surface area contributed by atoms with Gasteiger partial charge in [0.25, 0.3) is 5.69 Å². The molecule has 0 aliphatic carbocycles. The predicted molar refractivity (Wildman–Crippen MR) is 61.0 cm³/mol. The van der Waals surface area contributed by atoms with E-state index >= 15 is 0 Å². The van der Waals surface area contributed by atoms with E-state index in [1.54, 1.807) is 0 Å². The van der Waals surface area contributed by atoms with Gasteiger partial charge in [-0.05, 0) is 5.92 Å². The summed E-state index contributed by atoms with van der Waals surface area (Å²) in [5.74, 6) is -1.65. The molecule has 0 saturated carbocycles. The van der Waals surface area contributed by atoms with Crippen molar-refractivity contribution in [3.05, 3.63) is 33.9 Å². The van der Waals surface area contributed by atoms with E-state index < -0.39 is 22.2 Å². The third-order valence-corrected chi connectivity index (χ3v) is 2.56. The molecule has 0 fully saturated rings. The van der Waals surface area contributed by atoms with Gasteiger partial charge in [-0.1, -0.05) is 20.3 Å². The van der Waals surface area contributed by atoms with E-state index in [-0.39, 0.29) is 11.6 Å². The van der Waals surface area contributed by atoms with Crippen LogP contribution < -0.4 is 5.32 Å². The first-order valence-corrected chi connectivity index (χ1v) is 5.33. The molecule has 1 aromatic carbocycles. The maximum absolute atomic E-state index is 13.4. The van der Waals surface area contributed by atoms with Crippen molar-refractivity contribution in [2.45, 2.75) is 20.3 Å². The molecule has 0 bridgehead atoms. The van der Waals surface area contributed by atoms with Gasteiger partial charge in [-0.25, -0.2) is 8.78 Å². The van der Waals surface area contributed by atoms with Crippen molar-refractivity contribution in [2.24, 2.45) is 5.92 Å². The van der Waals surface area contributed by atoms with Gasteiger partial charge in [0, 0.05) is 12.6 Å². The van der Waals surface area contributed by atoms with Crippen LogP contribution in [0.3, 0.4) is 0 Å². The van der Waals surface area contributed by atoms with E-state index in [0.29, 0.717) is 18.7 Å². The van der Waals surface area contributed by atoms with Crippen LogP contribution in [0.5, 0.6) is 0 Å². The number of nitrogens with one attached hydrogen (secondary N) is 1. The zero-order valence-electron chi connectivity index (χ0n) is 9.67. The zero-order chi connectivity index (χ0) is 13.0. The Morgan fingerprint density at radius 1 is 1.47 bits per heavy atom. The van der Waals surface area contributed by atoms with Gasteiger partial charge in [-0.3, -0.25) is 10.1 Å². The van der Waals surface area contributed by atoms with Gasteiger partial charge >= 0.3 is 0 Å². The van der Waals surface area contributed by atoms with Gasteiger partial charge in [-0.2, -0.15) is 0 Å². The quantitative estimate of drug-likeness (QED) is 0.638. The molecule has 4 nitrogen and oxygen atoms in total. The highest BCUT2D eigenvalue weighted by atomic mass is 19.1. The summed E-state index contributed by atoms with van der Waals surface area (Å²) in [5, 5.41) is 13.3. The molecule has 1 aromatic rings. The van der Waals surface area contributed by atoms with Gasteiger partial charge < -0.3 is 5.32 Å². The first-order chi connectivity index (χ1) is 7.95. The van der Waals surface area contributed by atoms with Crippen LogP contribution in [0.25, 0.3) is 0 Å². The SMILES string of the molecule is CCC(C)CNc1c(F)cc(F)cc1[N+](=O)[O-]. The highest BCUT2D eigenvalue weighted by Crippen LogP contribution is 2.28. The van der Waals surface area contributed by atoms with Crippen molar-refractivity contribution in [1.82, 2.24) is 0 Å². The summed E-state index contributed by atoms with van der Waals surface area (Å²) < 4.78 is 26.3. The van der Waals surface area contributed by atoms with E-state index in [0.717, 1.165) is 6.42 Å². The molecule has 0 radical (unpaired) electrons. The van der Waals surface area contributed by atoms with Crippen LogP contribution >= 0.6 is 0 Å². The second-order valence-electron chi connectivity index (χ2n) is 3.93. The van der Waals surface area contributed by atoms with Crippen LogP contribution in [0.4, 0.5) is 20.2 Å². The highest BCUT2D eigenvalue weighted by molar-refractivity contribution is 5.62. The minimum atomic E-state index is -0.955. The fourth-order valence-corrected chi connectivity index (χ4v) is 1.30. The summed E-state index contributed by atoms with van der Waals surface area (Å²) in [6.45, 7) is 4.29. The number of benzene rings is 1. The van der Waals surface area contributed by atoms with Crippen molar-refractivity contribution >= 4 is 11.4 Å². The molecule has 6 heteroatoms. The van der Waals surface area contributed by atoms with E-state index in [1.807, 2.05) is 13.8 Å². The molecule has 1 atom stereocenters. The molecule has 0 aliphatic rings. The molecule has 1 rings (SSSR count). The van der Waals surface area contributed by atoms with Crippen LogP contribution in [0, 0.1) is 27.7 Å². The van der Waals surface area contributed by atoms with Gasteiger partial charge in [-0.15, -0.1) is 0 Å². The average molecular weight is 244 g/mol. The molecule has 1 unspecified atom stereocenters. The molecule has 0 aromatic heterocycles. The van der Waals surface area contributed by atoms with E-state index in [9.17, 15) is 18.9 Å². The fourth-order valence-electron chi connectivity index (χ4n) is 1.30. The topological polar surface area (TPSA) is 55.2 Å². The van der Waals surface area contributed by atoms with Crippen molar-refractivity contribution in [2.75, 3.05) is 11.9 Å². The van der Waals surface area contributed by atoms with Crippen molar-refractivity contribution in [3.63, 3.8) is 0 Å². The lowest BCUT2D eigenvalue weighted by atomic mass is 10.1. The predicted octanol–water partition coefficient (Wildman–Crippen LogP) is 3.33. The van der Waals surface area contributed by atoms with Crippen molar-refractivity contribution < 1.29 is 13.7 Å². The maximum atomic E-state index is 13.4. The van der Waals surface area contributed by atoms with Gasteiger partial charge in [0.15, 0.2) is 5.82 Å². The molecular weight excluding hydrogens is 230 g/mol. The highest BCUT2D eigenvalue weighted by Gasteiger charge is 2.20. The minimum Gasteiger partial charge on any atom is -0.377 e. The van der Waals surface area contributed by atoms with Gasteiger partial charge in [0.2, 0.25) is 0 Å². The number of halogens is 2. The third kappa shape index (κ3) is 3.37. The Kier molecular flexibility index (Phi) is 4.37. The average Bonchev–Trinajstić information content (AvgIpc) is 2.26. The summed E-state index contributed by atoms with van der Waals surface area (Å²) in [6, 6.07) is 1.34. The molecule has 0 amide bonds. The lowest BCUT2D eigenvalue weighted by Gasteiger charge is -2.12. The Morgan fingerprint density at radius 3 is 2.65 bits per heavy atom. The first-order valence-electron chi connectivity index (χ1n) is 5.33. The zero-order valence-corrected chi connectivity index (χ0v) is 9.67. The van der Waals surface area contributed by atoms with Crippen molar-refractivity contribution in [3.8, 4) is 0 Å². The second-order valence-corrected chi connectivity index (χ2v) is 3.93. The first kappa shape index (κ1) is 13.3. The number of nitro benzene ring substituents is 1. The molecule has 0 spiro atoms. The Labute approximate surface area is 97.8 Å². The van der Waals surface area contributed by atoms with Crippen LogP contribution in [0.1, 0.15) is 20.3 Å². The normalized spacial score (nSPS) is 12.2. The summed E-state index contributed by atoms with van der Waals surface area (Å²) in [6.07, 6.45) is 0.865. The van der Waals surface area contributed by atoms with Gasteiger partial charge in [0.1, 0.15) is 11.5 Å². The molecule has 94 valence electrons. The Bertz CT molecular complexity index is 424. The van der Waals surface area contributed by atoms with E-state index in [1.165, 1.54) is 0 Å². The largest absolute Gasteiger partial charge is 0.377 e. The number of nitro groups is 1. The molecule has 17 heavy (non-hydrogen) atoms. The minimum absolute atomic E-state index is 0.249. The molecule has 0 heterocycles. The summed E-state index contributed by atoms with van der Waals surface area (Å²) >= 11 is 0. The van der Waals surface area contributed by atoms with Crippen LogP contribution in [0.2, 0.25) is 0 Å². The van der Waals surface area contributed by atoms with Gasteiger partial charge in [0.05, 0.1) is 11.0 Å². The number of rotatable bonds is 5. The smallest absolute Gasteiger partial charge is 0.298 e. The second kappa shape index (κ2) is 5.56. The Hall–Kier alpha value is -1.72. The monoisotopic (exact) mass is 244 g/mol. The van der Waals surface area contributed by atoms with Crippen molar-refractivity contribution in [1.29, 1.82) is 0 Å². The Balaban J connectivity index is 3.00. The molecular formula is C11H14F2N2O2. The summed E-state index contributed by atoms with van der Waals surface area (Å²) in [5.41, 5.74) is -0.831. The summed E-state index contributed by atoms with van der Waals surface area (Å²) in [4.78, 5) is 9.87. The third-order valence-electron chi connectivity index (χ3n) is 2.56.